The fourth-order valence-corrected chi connectivity index (χ4v) is 1.65. The van der Waals surface area contributed by atoms with E-state index < -0.39 is 0 Å². The van der Waals surface area contributed by atoms with Crippen molar-refractivity contribution in [2.45, 2.75) is 52.0 Å². The Labute approximate surface area is 99.7 Å². The summed E-state index contributed by atoms with van der Waals surface area (Å²) in [5.74, 6) is 0.0939. The topological polar surface area (TPSA) is 41.1 Å². The van der Waals surface area contributed by atoms with Gasteiger partial charge in [0, 0.05) is 12.6 Å². The standard InChI is InChI=1S/C13H26N2O/c1-4-7-9-12(8-5-2)15-13(16)11-14-10-6-3/h6,12,14H,3-5,7-11H2,1-2H3,(H,15,16). The third kappa shape index (κ3) is 8.48. The summed E-state index contributed by atoms with van der Waals surface area (Å²) < 4.78 is 0. The predicted molar refractivity (Wildman–Crippen MR) is 69.4 cm³/mol. The normalized spacial score (nSPS) is 12.1. The molecule has 0 saturated heterocycles. The lowest BCUT2D eigenvalue weighted by atomic mass is 10.1. The summed E-state index contributed by atoms with van der Waals surface area (Å²) in [4.78, 5) is 11.6. The smallest absolute Gasteiger partial charge is 0.234 e. The van der Waals surface area contributed by atoms with E-state index in [0.29, 0.717) is 19.1 Å². The monoisotopic (exact) mass is 226 g/mol. The lowest BCUT2D eigenvalue weighted by Crippen LogP contribution is -2.40. The van der Waals surface area contributed by atoms with Crippen LogP contribution in [0.2, 0.25) is 0 Å². The Morgan fingerprint density at radius 2 is 2.06 bits per heavy atom. The van der Waals surface area contributed by atoms with Gasteiger partial charge < -0.3 is 10.6 Å². The molecule has 0 aromatic rings. The summed E-state index contributed by atoms with van der Waals surface area (Å²) in [5.41, 5.74) is 0. The molecule has 0 bridgehead atoms. The van der Waals surface area contributed by atoms with Gasteiger partial charge in [0.2, 0.25) is 5.91 Å². The third-order valence-electron chi connectivity index (χ3n) is 2.48. The van der Waals surface area contributed by atoms with E-state index in [9.17, 15) is 4.79 Å². The highest BCUT2D eigenvalue weighted by Gasteiger charge is 2.10. The summed E-state index contributed by atoms with van der Waals surface area (Å²) in [6.07, 6.45) is 7.42. The number of nitrogens with one attached hydrogen (secondary N) is 2. The maximum Gasteiger partial charge on any atom is 0.234 e. The van der Waals surface area contributed by atoms with Crippen LogP contribution >= 0.6 is 0 Å². The molecule has 3 nitrogen and oxygen atoms in total. The first-order chi connectivity index (χ1) is 7.74. The fraction of sp³-hybridized carbons (Fsp3) is 0.769. The molecule has 1 atom stereocenters. The molecule has 2 N–H and O–H groups in total. The summed E-state index contributed by atoms with van der Waals surface area (Å²) in [6, 6.07) is 0.350. The Morgan fingerprint density at radius 3 is 2.62 bits per heavy atom. The average molecular weight is 226 g/mol. The van der Waals surface area contributed by atoms with Crippen LogP contribution in [-0.4, -0.2) is 25.0 Å². The number of hydrogen-bond acceptors (Lipinski definition) is 2. The van der Waals surface area contributed by atoms with Crippen molar-refractivity contribution in [3.05, 3.63) is 12.7 Å². The van der Waals surface area contributed by atoms with Gasteiger partial charge in [-0.25, -0.2) is 0 Å². The van der Waals surface area contributed by atoms with E-state index in [1.54, 1.807) is 6.08 Å². The number of rotatable bonds is 10. The largest absolute Gasteiger partial charge is 0.352 e. The second-order valence-electron chi connectivity index (χ2n) is 4.11. The van der Waals surface area contributed by atoms with Crippen molar-refractivity contribution in [2.75, 3.05) is 13.1 Å². The Kier molecular flexibility index (Phi) is 10.1. The van der Waals surface area contributed by atoms with Crippen molar-refractivity contribution in [3.63, 3.8) is 0 Å². The van der Waals surface area contributed by atoms with Gasteiger partial charge in [0.15, 0.2) is 0 Å². The zero-order valence-corrected chi connectivity index (χ0v) is 10.7. The Bertz CT molecular complexity index is 192. The molecule has 3 heteroatoms. The van der Waals surface area contributed by atoms with Crippen molar-refractivity contribution < 1.29 is 4.79 Å². The van der Waals surface area contributed by atoms with Gasteiger partial charge in [0.1, 0.15) is 0 Å². The zero-order valence-electron chi connectivity index (χ0n) is 10.7. The highest BCUT2D eigenvalue weighted by Crippen LogP contribution is 2.06. The molecule has 0 aliphatic carbocycles. The second kappa shape index (κ2) is 10.7. The Balaban J connectivity index is 3.77. The van der Waals surface area contributed by atoms with Crippen LogP contribution in [0, 0.1) is 0 Å². The van der Waals surface area contributed by atoms with Crippen molar-refractivity contribution in [2.24, 2.45) is 0 Å². The van der Waals surface area contributed by atoms with Crippen molar-refractivity contribution in [1.29, 1.82) is 0 Å². The van der Waals surface area contributed by atoms with E-state index >= 15 is 0 Å². The molecule has 0 heterocycles. The van der Waals surface area contributed by atoms with Crippen LogP contribution in [-0.2, 0) is 4.79 Å². The molecule has 0 rings (SSSR count). The molecular formula is C13H26N2O. The SMILES string of the molecule is C=CCNCC(=O)NC(CCC)CCCC. The first-order valence-electron chi connectivity index (χ1n) is 6.35. The molecule has 16 heavy (non-hydrogen) atoms. The molecule has 0 aromatic carbocycles. The van der Waals surface area contributed by atoms with Crippen LogP contribution in [0.3, 0.4) is 0 Å². The van der Waals surface area contributed by atoms with Crippen LogP contribution in [0.1, 0.15) is 46.0 Å². The van der Waals surface area contributed by atoms with Gasteiger partial charge in [0.05, 0.1) is 6.54 Å². The van der Waals surface area contributed by atoms with E-state index in [1.165, 1.54) is 12.8 Å². The van der Waals surface area contributed by atoms with Gasteiger partial charge in [-0.05, 0) is 12.8 Å². The van der Waals surface area contributed by atoms with E-state index in [2.05, 4.69) is 31.1 Å². The third-order valence-corrected chi connectivity index (χ3v) is 2.48. The molecular weight excluding hydrogens is 200 g/mol. The van der Waals surface area contributed by atoms with Crippen molar-refractivity contribution in [3.8, 4) is 0 Å². The lowest BCUT2D eigenvalue weighted by Gasteiger charge is -2.17. The van der Waals surface area contributed by atoms with Crippen LogP contribution in [0.5, 0.6) is 0 Å². The van der Waals surface area contributed by atoms with E-state index in [1.807, 2.05) is 0 Å². The summed E-state index contributed by atoms with van der Waals surface area (Å²) >= 11 is 0. The van der Waals surface area contributed by atoms with Crippen molar-refractivity contribution >= 4 is 5.91 Å². The molecule has 0 radical (unpaired) electrons. The number of carbonyl (C=O) groups is 1. The van der Waals surface area contributed by atoms with E-state index in [0.717, 1.165) is 19.3 Å². The van der Waals surface area contributed by atoms with E-state index in [4.69, 9.17) is 0 Å². The maximum absolute atomic E-state index is 11.6. The molecule has 94 valence electrons. The molecule has 1 unspecified atom stereocenters. The Morgan fingerprint density at radius 1 is 1.31 bits per heavy atom. The number of hydrogen-bond donors (Lipinski definition) is 2. The minimum atomic E-state index is 0.0939. The van der Waals surface area contributed by atoms with E-state index in [-0.39, 0.29) is 5.91 Å². The van der Waals surface area contributed by atoms with Crippen LogP contribution in [0.4, 0.5) is 0 Å². The minimum Gasteiger partial charge on any atom is -0.352 e. The second-order valence-corrected chi connectivity index (χ2v) is 4.11. The molecule has 0 aliphatic heterocycles. The van der Waals surface area contributed by atoms with Crippen molar-refractivity contribution in [1.82, 2.24) is 10.6 Å². The highest BCUT2D eigenvalue weighted by molar-refractivity contribution is 5.78. The molecule has 0 saturated carbocycles. The molecule has 0 aromatic heterocycles. The lowest BCUT2D eigenvalue weighted by molar-refractivity contribution is -0.121. The first kappa shape index (κ1) is 15.2. The van der Waals surface area contributed by atoms with Gasteiger partial charge in [-0.1, -0.05) is 39.2 Å². The number of unbranched alkanes of at least 4 members (excludes halogenated alkanes) is 1. The van der Waals surface area contributed by atoms with Gasteiger partial charge in [0.25, 0.3) is 0 Å². The quantitative estimate of drug-likeness (QED) is 0.443. The van der Waals surface area contributed by atoms with Crippen LogP contribution in [0.25, 0.3) is 0 Å². The number of amides is 1. The Hall–Kier alpha value is -0.830. The first-order valence-corrected chi connectivity index (χ1v) is 6.35. The maximum atomic E-state index is 11.6. The molecule has 0 spiro atoms. The summed E-state index contributed by atoms with van der Waals surface area (Å²) in [5, 5.41) is 6.08. The fourth-order valence-electron chi connectivity index (χ4n) is 1.65. The average Bonchev–Trinajstić information content (AvgIpc) is 2.26. The van der Waals surface area contributed by atoms with Gasteiger partial charge in [-0.15, -0.1) is 6.58 Å². The van der Waals surface area contributed by atoms with Gasteiger partial charge in [-0.2, -0.15) is 0 Å². The van der Waals surface area contributed by atoms with Gasteiger partial charge >= 0.3 is 0 Å². The predicted octanol–water partition coefficient (Wildman–Crippen LogP) is 2.24. The van der Waals surface area contributed by atoms with Crippen LogP contribution in [0.15, 0.2) is 12.7 Å². The highest BCUT2D eigenvalue weighted by atomic mass is 16.1. The summed E-state index contributed by atoms with van der Waals surface area (Å²) in [7, 11) is 0. The number of carbonyl (C=O) groups excluding carboxylic acids is 1. The zero-order chi connectivity index (χ0) is 12.2. The molecule has 1 amide bonds. The molecule has 0 aliphatic rings. The van der Waals surface area contributed by atoms with Crippen LogP contribution < -0.4 is 10.6 Å². The van der Waals surface area contributed by atoms with Gasteiger partial charge in [-0.3, -0.25) is 4.79 Å². The molecule has 0 fully saturated rings. The summed E-state index contributed by atoms with van der Waals surface area (Å²) in [6.45, 7) is 8.99. The minimum absolute atomic E-state index is 0.0939.